The molecule has 2 amide bonds. The van der Waals surface area contributed by atoms with Crippen LogP contribution in [-0.2, 0) is 11.3 Å². The molecule has 1 N–H and O–H groups in total. The van der Waals surface area contributed by atoms with E-state index in [1.54, 1.807) is 9.58 Å². The molecular weight excluding hydrogens is 452 g/mol. The summed E-state index contributed by atoms with van der Waals surface area (Å²) in [6, 6.07) is 17.4. The van der Waals surface area contributed by atoms with Crippen LogP contribution in [-0.4, -0.2) is 39.8 Å². The molecule has 1 atom stereocenters. The summed E-state index contributed by atoms with van der Waals surface area (Å²) in [5.74, 6) is 0.440. The van der Waals surface area contributed by atoms with E-state index < -0.39 is 5.54 Å². The highest BCUT2D eigenvalue weighted by molar-refractivity contribution is 6.12. The molecule has 1 saturated carbocycles. The van der Waals surface area contributed by atoms with Crippen molar-refractivity contribution in [1.29, 1.82) is 0 Å². The van der Waals surface area contributed by atoms with Crippen LogP contribution in [0.3, 0.4) is 0 Å². The first kappa shape index (κ1) is 24.1. The number of amides is 2. The Morgan fingerprint density at radius 2 is 1.83 bits per heavy atom. The summed E-state index contributed by atoms with van der Waals surface area (Å²) >= 11 is 0. The van der Waals surface area contributed by atoms with Crippen molar-refractivity contribution in [3.8, 4) is 17.0 Å². The van der Waals surface area contributed by atoms with Gasteiger partial charge in [-0.05, 0) is 75.6 Å². The van der Waals surface area contributed by atoms with Crippen molar-refractivity contribution in [1.82, 2.24) is 15.1 Å². The molecule has 7 heteroatoms. The highest BCUT2D eigenvalue weighted by atomic mass is 16.5. The Labute approximate surface area is 212 Å². The minimum atomic E-state index is -1.12. The Balaban J connectivity index is 1.53. The van der Waals surface area contributed by atoms with Gasteiger partial charge in [0.2, 0.25) is 5.91 Å². The lowest BCUT2D eigenvalue weighted by Gasteiger charge is -2.44. The van der Waals surface area contributed by atoms with E-state index in [-0.39, 0.29) is 24.4 Å². The Morgan fingerprint density at radius 3 is 2.53 bits per heavy atom. The van der Waals surface area contributed by atoms with Gasteiger partial charge in [0.25, 0.3) is 5.91 Å². The van der Waals surface area contributed by atoms with E-state index >= 15 is 0 Å². The first-order valence-corrected chi connectivity index (χ1v) is 12.9. The van der Waals surface area contributed by atoms with Crippen molar-refractivity contribution >= 4 is 17.5 Å². The van der Waals surface area contributed by atoms with Gasteiger partial charge in [0, 0.05) is 17.3 Å². The molecule has 0 spiro atoms. The zero-order chi connectivity index (χ0) is 25.3. The SMILES string of the molecule is CCOc1ccc(-c2cc3n(n2)C[C@](C)(C(=O)NC2CCCCC2)N(c2ccccc2C)C3=O)cc1. The molecule has 1 aliphatic carbocycles. The second-order valence-corrected chi connectivity index (χ2v) is 10.0. The van der Waals surface area contributed by atoms with Crippen LogP contribution in [0, 0.1) is 6.92 Å². The average molecular weight is 487 g/mol. The third-order valence-electron chi connectivity index (χ3n) is 7.40. The normalized spacial score (nSPS) is 20.2. The fourth-order valence-corrected chi connectivity index (χ4v) is 5.39. The topological polar surface area (TPSA) is 76.5 Å². The average Bonchev–Trinajstić information content (AvgIpc) is 3.30. The van der Waals surface area contributed by atoms with Gasteiger partial charge in [0.05, 0.1) is 18.8 Å². The smallest absolute Gasteiger partial charge is 0.277 e. The van der Waals surface area contributed by atoms with E-state index in [0.717, 1.165) is 48.2 Å². The molecular formula is C29H34N4O3. The fraction of sp³-hybridized carbons (Fsp3) is 0.414. The van der Waals surface area contributed by atoms with E-state index in [4.69, 9.17) is 9.84 Å². The van der Waals surface area contributed by atoms with Crippen molar-refractivity contribution in [3.63, 3.8) is 0 Å². The third kappa shape index (κ3) is 4.38. The largest absolute Gasteiger partial charge is 0.494 e. The third-order valence-corrected chi connectivity index (χ3v) is 7.40. The molecule has 1 aliphatic heterocycles. The molecule has 0 radical (unpaired) electrons. The van der Waals surface area contributed by atoms with Crippen LogP contribution in [0.1, 0.15) is 62.0 Å². The Bertz CT molecular complexity index is 1260. The van der Waals surface area contributed by atoms with E-state index in [9.17, 15) is 9.59 Å². The van der Waals surface area contributed by atoms with E-state index in [1.165, 1.54) is 6.42 Å². The first-order valence-electron chi connectivity index (χ1n) is 12.9. The molecule has 2 heterocycles. The van der Waals surface area contributed by atoms with Gasteiger partial charge in [-0.3, -0.25) is 19.2 Å². The van der Waals surface area contributed by atoms with Gasteiger partial charge in [-0.2, -0.15) is 5.10 Å². The number of carbonyl (C=O) groups is 2. The van der Waals surface area contributed by atoms with Crippen molar-refractivity contribution < 1.29 is 14.3 Å². The van der Waals surface area contributed by atoms with Crippen LogP contribution >= 0.6 is 0 Å². The molecule has 7 nitrogen and oxygen atoms in total. The molecule has 1 fully saturated rings. The summed E-state index contributed by atoms with van der Waals surface area (Å²) in [6.45, 7) is 6.65. The van der Waals surface area contributed by atoms with E-state index in [2.05, 4.69) is 5.32 Å². The quantitative estimate of drug-likeness (QED) is 0.524. The highest BCUT2D eigenvalue weighted by Gasteiger charge is 2.49. The second-order valence-electron chi connectivity index (χ2n) is 10.0. The van der Waals surface area contributed by atoms with Crippen molar-refractivity contribution in [2.45, 2.75) is 71.0 Å². The summed E-state index contributed by atoms with van der Waals surface area (Å²) in [4.78, 5) is 29.6. The summed E-state index contributed by atoms with van der Waals surface area (Å²) < 4.78 is 7.25. The summed E-state index contributed by atoms with van der Waals surface area (Å²) in [6.07, 6.45) is 5.42. The van der Waals surface area contributed by atoms with Gasteiger partial charge < -0.3 is 10.1 Å². The van der Waals surface area contributed by atoms with Gasteiger partial charge in [-0.25, -0.2) is 0 Å². The predicted molar refractivity (Wildman–Crippen MR) is 140 cm³/mol. The van der Waals surface area contributed by atoms with Gasteiger partial charge in [0.1, 0.15) is 17.0 Å². The molecule has 0 bridgehead atoms. The first-order chi connectivity index (χ1) is 17.4. The van der Waals surface area contributed by atoms with Crippen molar-refractivity contribution in [3.05, 3.63) is 65.9 Å². The second kappa shape index (κ2) is 9.80. The number of para-hydroxylation sites is 1. The maximum Gasteiger partial charge on any atom is 0.277 e. The maximum absolute atomic E-state index is 14.0. The molecule has 36 heavy (non-hydrogen) atoms. The number of aryl methyl sites for hydroxylation is 1. The summed E-state index contributed by atoms with van der Waals surface area (Å²) in [5, 5.41) is 8.04. The van der Waals surface area contributed by atoms with Crippen LogP contribution in [0.2, 0.25) is 0 Å². The number of rotatable bonds is 6. The number of fused-ring (bicyclic) bond motifs is 1. The zero-order valence-corrected chi connectivity index (χ0v) is 21.3. The minimum Gasteiger partial charge on any atom is -0.494 e. The zero-order valence-electron chi connectivity index (χ0n) is 21.3. The van der Waals surface area contributed by atoms with Gasteiger partial charge in [-0.15, -0.1) is 0 Å². The van der Waals surface area contributed by atoms with Crippen LogP contribution < -0.4 is 15.0 Å². The van der Waals surface area contributed by atoms with E-state index in [0.29, 0.717) is 18.0 Å². The number of nitrogens with zero attached hydrogens (tertiary/aromatic N) is 3. The molecule has 5 rings (SSSR count). The standard InChI is InChI=1S/C29H34N4O3/c1-4-36-23-16-14-21(15-17-23)24-18-26-27(34)33(25-13-9-8-10-20(25)2)29(3,19-32(26)31-24)28(35)30-22-11-6-5-7-12-22/h8-10,13-18,22H,4-7,11-12,19H2,1-3H3,(H,30,35)/t29-/m1/s1. The number of hydrogen-bond donors (Lipinski definition) is 1. The molecule has 1 aromatic heterocycles. The lowest BCUT2D eigenvalue weighted by atomic mass is 9.90. The Hall–Kier alpha value is -3.61. The number of ether oxygens (including phenoxy) is 1. The van der Waals surface area contributed by atoms with Gasteiger partial charge in [0.15, 0.2) is 0 Å². The summed E-state index contributed by atoms with van der Waals surface area (Å²) in [7, 11) is 0. The lowest BCUT2D eigenvalue weighted by molar-refractivity contribution is -0.127. The minimum absolute atomic E-state index is 0.130. The van der Waals surface area contributed by atoms with Crippen molar-refractivity contribution in [2.75, 3.05) is 11.5 Å². The number of aromatic nitrogens is 2. The van der Waals surface area contributed by atoms with Crippen LogP contribution in [0.25, 0.3) is 11.3 Å². The monoisotopic (exact) mass is 486 g/mol. The molecule has 0 unspecified atom stereocenters. The van der Waals surface area contributed by atoms with Crippen LogP contribution in [0.4, 0.5) is 5.69 Å². The number of anilines is 1. The molecule has 2 aliphatic rings. The van der Waals surface area contributed by atoms with Gasteiger partial charge >= 0.3 is 0 Å². The number of carbonyl (C=O) groups excluding carboxylic acids is 2. The van der Waals surface area contributed by atoms with E-state index in [1.807, 2.05) is 75.4 Å². The number of hydrogen-bond acceptors (Lipinski definition) is 4. The number of benzene rings is 2. The number of nitrogens with one attached hydrogen (secondary N) is 1. The highest BCUT2D eigenvalue weighted by Crippen LogP contribution is 2.36. The summed E-state index contributed by atoms with van der Waals surface area (Å²) in [5.41, 5.74) is 2.65. The maximum atomic E-state index is 14.0. The van der Waals surface area contributed by atoms with Crippen LogP contribution in [0.5, 0.6) is 5.75 Å². The molecule has 0 saturated heterocycles. The molecule has 2 aromatic carbocycles. The Kier molecular flexibility index (Phi) is 6.56. The van der Waals surface area contributed by atoms with Crippen LogP contribution in [0.15, 0.2) is 54.6 Å². The lowest BCUT2D eigenvalue weighted by Crippen LogP contribution is -2.65. The molecule has 188 valence electrons. The fourth-order valence-electron chi connectivity index (χ4n) is 5.39. The van der Waals surface area contributed by atoms with Gasteiger partial charge in [-0.1, -0.05) is 37.5 Å². The predicted octanol–water partition coefficient (Wildman–Crippen LogP) is 5.13. The Morgan fingerprint density at radius 1 is 1.11 bits per heavy atom. The van der Waals surface area contributed by atoms with Crippen molar-refractivity contribution in [2.24, 2.45) is 0 Å². The molecule has 3 aromatic rings.